The van der Waals surface area contributed by atoms with Crippen LogP contribution in [0.1, 0.15) is 5.56 Å². The number of hydrogen-bond acceptors (Lipinski definition) is 2. The van der Waals surface area contributed by atoms with Gasteiger partial charge in [-0.15, -0.1) is 25.6 Å². The third kappa shape index (κ3) is 4.15. The van der Waals surface area contributed by atoms with E-state index < -0.39 is 6.36 Å². The van der Waals surface area contributed by atoms with Crippen molar-refractivity contribution >= 4 is 12.4 Å². The van der Waals surface area contributed by atoms with Gasteiger partial charge in [0.25, 0.3) is 0 Å². The third-order valence-electron chi connectivity index (χ3n) is 2.62. The quantitative estimate of drug-likeness (QED) is 0.925. The molecule has 2 aromatic carbocycles. The SMILES string of the molecule is Cl.NCc1ccc(-c2ccccc2)cc1OC(F)(F)F. The highest BCUT2D eigenvalue weighted by molar-refractivity contribution is 5.85. The van der Waals surface area contributed by atoms with Crippen LogP contribution in [0.25, 0.3) is 11.1 Å². The Labute approximate surface area is 120 Å². The smallest absolute Gasteiger partial charge is 0.405 e. The van der Waals surface area contributed by atoms with E-state index in [-0.39, 0.29) is 24.7 Å². The summed E-state index contributed by atoms with van der Waals surface area (Å²) >= 11 is 0. The molecule has 0 unspecified atom stereocenters. The van der Waals surface area contributed by atoms with Gasteiger partial charge in [-0.3, -0.25) is 0 Å². The third-order valence-corrected chi connectivity index (χ3v) is 2.62. The molecule has 0 radical (unpaired) electrons. The summed E-state index contributed by atoms with van der Waals surface area (Å²) in [6.45, 7) is -0.0134. The highest BCUT2D eigenvalue weighted by Gasteiger charge is 2.32. The van der Waals surface area contributed by atoms with Crippen molar-refractivity contribution in [3.8, 4) is 16.9 Å². The zero-order valence-electron chi connectivity index (χ0n) is 10.4. The molecule has 0 saturated heterocycles. The lowest BCUT2D eigenvalue weighted by molar-refractivity contribution is -0.274. The van der Waals surface area contributed by atoms with Crippen molar-refractivity contribution in [3.63, 3.8) is 0 Å². The average Bonchev–Trinajstić information content (AvgIpc) is 2.38. The van der Waals surface area contributed by atoms with Crippen molar-refractivity contribution < 1.29 is 17.9 Å². The maximum absolute atomic E-state index is 12.3. The number of hydrogen-bond donors (Lipinski definition) is 1. The molecule has 0 spiro atoms. The highest BCUT2D eigenvalue weighted by atomic mass is 35.5. The fourth-order valence-electron chi connectivity index (χ4n) is 1.75. The van der Waals surface area contributed by atoms with Gasteiger partial charge in [0, 0.05) is 12.1 Å². The summed E-state index contributed by atoms with van der Waals surface area (Å²) < 4.78 is 41.0. The molecule has 108 valence electrons. The van der Waals surface area contributed by atoms with Gasteiger partial charge < -0.3 is 10.5 Å². The van der Waals surface area contributed by atoms with Crippen LogP contribution in [-0.2, 0) is 6.54 Å². The molecule has 2 nitrogen and oxygen atoms in total. The Hall–Kier alpha value is -1.72. The molecule has 0 bridgehead atoms. The predicted octanol–water partition coefficient (Wildman–Crippen LogP) is 4.13. The first kappa shape index (κ1) is 16.3. The molecule has 0 heterocycles. The van der Waals surface area contributed by atoms with E-state index in [1.54, 1.807) is 12.1 Å². The first-order valence-electron chi connectivity index (χ1n) is 5.64. The number of halogens is 4. The van der Waals surface area contributed by atoms with Crippen molar-refractivity contribution in [2.45, 2.75) is 12.9 Å². The lowest BCUT2D eigenvalue weighted by Crippen LogP contribution is -2.18. The van der Waals surface area contributed by atoms with Crippen LogP contribution >= 0.6 is 12.4 Å². The molecule has 0 aliphatic rings. The van der Waals surface area contributed by atoms with Gasteiger partial charge in [0.15, 0.2) is 0 Å². The van der Waals surface area contributed by atoms with Crippen LogP contribution in [0, 0.1) is 0 Å². The Morgan fingerprint density at radius 3 is 2.15 bits per heavy atom. The minimum absolute atomic E-state index is 0. The van der Waals surface area contributed by atoms with Crippen molar-refractivity contribution in [2.24, 2.45) is 5.73 Å². The fourth-order valence-corrected chi connectivity index (χ4v) is 1.75. The average molecular weight is 304 g/mol. The van der Waals surface area contributed by atoms with Gasteiger partial charge in [0.1, 0.15) is 5.75 Å². The fraction of sp³-hybridized carbons (Fsp3) is 0.143. The number of ether oxygens (including phenoxy) is 1. The van der Waals surface area contributed by atoms with Crippen molar-refractivity contribution in [2.75, 3.05) is 0 Å². The van der Waals surface area contributed by atoms with Crippen LogP contribution < -0.4 is 10.5 Å². The lowest BCUT2D eigenvalue weighted by atomic mass is 10.0. The Kier molecular flexibility index (Phi) is 5.42. The van der Waals surface area contributed by atoms with Crippen molar-refractivity contribution in [3.05, 3.63) is 54.1 Å². The molecule has 0 saturated carbocycles. The molecule has 0 fully saturated rings. The summed E-state index contributed by atoms with van der Waals surface area (Å²) in [5.74, 6) is -0.253. The zero-order chi connectivity index (χ0) is 13.9. The maximum atomic E-state index is 12.3. The monoisotopic (exact) mass is 303 g/mol. The van der Waals surface area contributed by atoms with Gasteiger partial charge in [-0.05, 0) is 17.2 Å². The molecular formula is C14H13ClF3NO. The summed E-state index contributed by atoms with van der Waals surface area (Å²) in [6, 6.07) is 13.7. The number of nitrogens with two attached hydrogens (primary N) is 1. The van der Waals surface area contributed by atoms with Gasteiger partial charge in [-0.25, -0.2) is 0 Å². The molecule has 0 amide bonds. The Morgan fingerprint density at radius 1 is 0.950 bits per heavy atom. The van der Waals surface area contributed by atoms with Crippen LogP contribution in [0.2, 0.25) is 0 Å². The normalized spacial score (nSPS) is 10.8. The second kappa shape index (κ2) is 6.63. The molecule has 6 heteroatoms. The second-order valence-electron chi connectivity index (χ2n) is 3.94. The minimum Gasteiger partial charge on any atom is -0.405 e. The van der Waals surface area contributed by atoms with Gasteiger partial charge >= 0.3 is 6.36 Å². The summed E-state index contributed by atoms with van der Waals surface area (Å²) in [6.07, 6.45) is -4.72. The van der Waals surface area contributed by atoms with Crippen LogP contribution in [0.5, 0.6) is 5.75 Å². The molecule has 2 rings (SSSR count). The van der Waals surface area contributed by atoms with Crippen LogP contribution in [0.4, 0.5) is 13.2 Å². The number of rotatable bonds is 3. The van der Waals surface area contributed by atoms with Gasteiger partial charge in [0.2, 0.25) is 0 Å². The summed E-state index contributed by atoms with van der Waals surface area (Å²) in [5.41, 5.74) is 7.20. The Balaban J connectivity index is 0.00000200. The van der Waals surface area contributed by atoms with E-state index in [1.165, 1.54) is 6.07 Å². The van der Waals surface area contributed by atoms with Crippen LogP contribution in [0.3, 0.4) is 0 Å². The number of alkyl halides is 3. The largest absolute Gasteiger partial charge is 0.573 e. The minimum atomic E-state index is -4.72. The highest BCUT2D eigenvalue weighted by Crippen LogP contribution is 2.31. The van der Waals surface area contributed by atoms with Gasteiger partial charge in [-0.1, -0.05) is 42.5 Å². The van der Waals surface area contributed by atoms with E-state index in [9.17, 15) is 13.2 Å². The molecule has 0 aromatic heterocycles. The summed E-state index contributed by atoms with van der Waals surface area (Å²) in [5, 5.41) is 0. The van der Waals surface area contributed by atoms with E-state index >= 15 is 0 Å². The summed E-state index contributed by atoms with van der Waals surface area (Å²) in [4.78, 5) is 0. The molecule has 0 atom stereocenters. The standard InChI is InChI=1S/C14H12F3NO.ClH/c15-14(16,17)19-13-8-11(6-7-12(13)9-18)10-4-2-1-3-5-10;/h1-8H,9,18H2;1H. The summed E-state index contributed by atoms with van der Waals surface area (Å²) in [7, 11) is 0. The van der Waals surface area contributed by atoms with E-state index in [4.69, 9.17) is 5.73 Å². The zero-order valence-corrected chi connectivity index (χ0v) is 11.2. The van der Waals surface area contributed by atoms with E-state index in [0.717, 1.165) is 5.56 Å². The first-order valence-corrected chi connectivity index (χ1v) is 5.64. The van der Waals surface area contributed by atoms with Gasteiger partial charge in [0.05, 0.1) is 0 Å². The van der Waals surface area contributed by atoms with E-state index in [2.05, 4.69) is 4.74 Å². The molecule has 0 aliphatic heterocycles. The molecule has 2 N–H and O–H groups in total. The van der Waals surface area contributed by atoms with E-state index in [0.29, 0.717) is 11.1 Å². The molecular weight excluding hydrogens is 291 g/mol. The Bertz CT molecular complexity index is 558. The number of benzene rings is 2. The van der Waals surface area contributed by atoms with E-state index in [1.807, 2.05) is 30.3 Å². The van der Waals surface area contributed by atoms with Crippen LogP contribution in [-0.4, -0.2) is 6.36 Å². The maximum Gasteiger partial charge on any atom is 0.573 e. The predicted molar refractivity (Wildman–Crippen MR) is 73.7 cm³/mol. The lowest BCUT2D eigenvalue weighted by Gasteiger charge is -2.14. The van der Waals surface area contributed by atoms with Crippen LogP contribution in [0.15, 0.2) is 48.5 Å². The van der Waals surface area contributed by atoms with Crippen molar-refractivity contribution in [1.82, 2.24) is 0 Å². The molecule has 2 aromatic rings. The molecule has 20 heavy (non-hydrogen) atoms. The topological polar surface area (TPSA) is 35.2 Å². The van der Waals surface area contributed by atoms with Gasteiger partial charge in [-0.2, -0.15) is 0 Å². The van der Waals surface area contributed by atoms with Crippen molar-refractivity contribution in [1.29, 1.82) is 0 Å². The second-order valence-corrected chi connectivity index (χ2v) is 3.94. The first-order chi connectivity index (χ1) is 8.99. The Morgan fingerprint density at radius 2 is 1.60 bits per heavy atom. The molecule has 0 aliphatic carbocycles.